The van der Waals surface area contributed by atoms with Crippen molar-refractivity contribution in [2.75, 3.05) is 0 Å². The molecule has 0 bridgehead atoms. The Hall–Kier alpha value is -2.70. The van der Waals surface area contributed by atoms with E-state index in [2.05, 4.69) is 42.7 Å². The number of nitrogens with one attached hydrogen (secondary N) is 2. The molecule has 6 nitrogen and oxygen atoms in total. The predicted octanol–water partition coefficient (Wildman–Crippen LogP) is 3.60. The van der Waals surface area contributed by atoms with Gasteiger partial charge in [-0.2, -0.15) is 0 Å². The molecule has 0 amide bonds. The van der Waals surface area contributed by atoms with Crippen molar-refractivity contribution >= 4 is 0 Å². The number of hydrogen-bond donors (Lipinski definition) is 2. The Kier molecular flexibility index (Phi) is 5.77. The molecule has 0 saturated carbocycles. The van der Waals surface area contributed by atoms with Gasteiger partial charge >= 0.3 is 0 Å². The predicted molar refractivity (Wildman–Crippen MR) is 116 cm³/mol. The minimum Gasteiger partial charge on any atom is -0.303 e. The molecular formula is C24H28N6. The van der Waals surface area contributed by atoms with Crippen LogP contribution in [0.25, 0.3) is 0 Å². The maximum atomic E-state index is 4.63. The van der Waals surface area contributed by atoms with Gasteiger partial charge < -0.3 is 10.6 Å². The Morgan fingerprint density at radius 3 is 1.67 bits per heavy atom. The first kappa shape index (κ1) is 19.3. The van der Waals surface area contributed by atoms with Gasteiger partial charge in [-0.05, 0) is 61.8 Å². The first-order valence-electron chi connectivity index (χ1n) is 11.0. The van der Waals surface area contributed by atoms with E-state index in [1.165, 1.54) is 35.4 Å². The molecule has 0 spiro atoms. The zero-order valence-corrected chi connectivity index (χ0v) is 17.2. The highest BCUT2D eigenvalue weighted by Crippen LogP contribution is 2.28. The number of hydrogen-bond acceptors (Lipinski definition) is 6. The van der Waals surface area contributed by atoms with Gasteiger partial charge in [-0.25, -0.2) is 0 Å². The summed E-state index contributed by atoms with van der Waals surface area (Å²) in [5.74, 6) is 0. The average Bonchev–Trinajstić information content (AvgIpc) is 2.82. The third-order valence-corrected chi connectivity index (χ3v) is 6.21. The fourth-order valence-electron chi connectivity index (χ4n) is 4.64. The molecule has 3 aromatic rings. The van der Waals surface area contributed by atoms with E-state index in [9.17, 15) is 0 Å². The van der Waals surface area contributed by atoms with Crippen molar-refractivity contribution in [3.63, 3.8) is 0 Å². The summed E-state index contributed by atoms with van der Waals surface area (Å²) in [6, 6.07) is 9.05. The van der Waals surface area contributed by atoms with Crippen molar-refractivity contribution in [2.24, 2.45) is 0 Å². The highest BCUT2D eigenvalue weighted by atomic mass is 15.0. The summed E-state index contributed by atoms with van der Waals surface area (Å²) in [7, 11) is 0. The normalized spacial score (nSPS) is 20.4. The van der Waals surface area contributed by atoms with E-state index < -0.39 is 0 Å². The third kappa shape index (κ3) is 4.25. The van der Waals surface area contributed by atoms with Crippen LogP contribution in [0.3, 0.4) is 0 Å². The second-order valence-electron chi connectivity index (χ2n) is 8.25. The first-order chi connectivity index (χ1) is 14.9. The summed E-state index contributed by atoms with van der Waals surface area (Å²) in [4.78, 5) is 18.5. The summed E-state index contributed by atoms with van der Waals surface area (Å²) < 4.78 is 0. The molecule has 2 unspecified atom stereocenters. The van der Waals surface area contributed by atoms with E-state index in [-0.39, 0.29) is 0 Å². The van der Waals surface area contributed by atoms with Crippen LogP contribution < -0.4 is 10.6 Å². The van der Waals surface area contributed by atoms with Gasteiger partial charge in [0, 0.05) is 25.5 Å². The van der Waals surface area contributed by atoms with Crippen LogP contribution in [0.15, 0.2) is 49.1 Å². The number of fused-ring (bicyclic) bond motifs is 2. The molecule has 0 saturated heterocycles. The highest BCUT2D eigenvalue weighted by Gasteiger charge is 2.22. The molecule has 0 aliphatic heterocycles. The lowest BCUT2D eigenvalue weighted by atomic mass is 9.92. The van der Waals surface area contributed by atoms with E-state index in [0.29, 0.717) is 25.2 Å². The van der Waals surface area contributed by atoms with Crippen LogP contribution in [0.4, 0.5) is 0 Å². The SMILES string of the molecule is c1cnc2c(c1)CCCC2NCc1cnc(CNC2CCCc3cccnc32)cn1. The topological polar surface area (TPSA) is 75.6 Å². The largest absolute Gasteiger partial charge is 0.303 e. The lowest BCUT2D eigenvalue weighted by molar-refractivity contribution is 0.441. The first-order valence-corrected chi connectivity index (χ1v) is 11.0. The van der Waals surface area contributed by atoms with Gasteiger partial charge in [0.2, 0.25) is 0 Å². The molecule has 0 fully saturated rings. The lowest BCUT2D eigenvalue weighted by Gasteiger charge is -2.25. The van der Waals surface area contributed by atoms with E-state index in [4.69, 9.17) is 0 Å². The zero-order chi connectivity index (χ0) is 20.2. The highest BCUT2D eigenvalue weighted by molar-refractivity contribution is 5.26. The van der Waals surface area contributed by atoms with E-state index in [1.54, 1.807) is 0 Å². The van der Waals surface area contributed by atoms with E-state index in [1.807, 2.05) is 36.9 Å². The zero-order valence-electron chi connectivity index (χ0n) is 17.2. The van der Waals surface area contributed by atoms with Crippen LogP contribution in [0.2, 0.25) is 0 Å². The summed E-state index contributed by atoms with van der Waals surface area (Å²) in [5, 5.41) is 7.24. The minimum atomic E-state index is 0.303. The molecule has 154 valence electrons. The third-order valence-electron chi connectivity index (χ3n) is 6.21. The maximum Gasteiger partial charge on any atom is 0.0725 e. The number of aryl methyl sites for hydroxylation is 2. The van der Waals surface area contributed by atoms with Crippen LogP contribution in [0.5, 0.6) is 0 Å². The Morgan fingerprint density at radius 2 is 1.20 bits per heavy atom. The summed E-state index contributed by atoms with van der Waals surface area (Å²) in [5.41, 5.74) is 7.05. The van der Waals surface area contributed by atoms with Crippen molar-refractivity contribution < 1.29 is 0 Å². The van der Waals surface area contributed by atoms with E-state index >= 15 is 0 Å². The summed E-state index contributed by atoms with van der Waals surface area (Å²) in [6.45, 7) is 1.42. The van der Waals surface area contributed by atoms with Gasteiger partial charge in [-0.3, -0.25) is 19.9 Å². The number of rotatable bonds is 6. The standard InChI is InChI=1S/C24H28N6/c1-5-17-7-3-11-25-23(17)21(9-1)29-15-19-13-28-20(14-27-19)16-30-22-10-2-6-18-8-4-12-26-24(18)22/h3-4,7-8,11-14,21-22,29-30H,1-2,5-6,9-10,15-16H2. The van der Waals surface area contributed by atoms with Gasteiger partial charge in [0.15, 0.2) is 0 Å². The van der Waals surface area contributed by atoms with Crippen molar-refractivity contribution in [2.45, 2.75) is 63.7 Å². The van der Waals surface area contributed by atoms with Crippen LogP contribution in [0, 0.1) is 0 Å². The van der Waals surface area contributed by atoms with Gasteiger partial charge in [0.25, 0.3) is 0 Å². The maximum absolute atomic E-state index is 4.63. The molecule has 2 aliphatic carbocycles. The van der Waals surface area contributed by atoms with Crippen LogP contribution >= 0.6 is 0 Å². The smallest absolute Gasteiger partial charge is 0.0725 e. The molecule has 2 N–H and O–H groups in total. The second kappa shape index (κ2) is 8.98. The quantitative estimate of drug-likeness (QED) is 0.658. The molecule has 30 heavy (non-hydrogen) atoms. The summed E-state index contributed by atoms with van der Waals surface area (Å²) in [6.07, 6.45) is 14.5. The van der Waals surface area contributed by atoms with Gasteiger partial charge in [-0.1, -0.05) is 12.1 Å². The Morgan fingerprint density at radius 1 is 0.700 bits per heavy atom. The average molecular weight is 401 g/mol. The molecule has 0 aromatic carbocycles. The molecule has 5 rings (SSSR count). The Balaban J connectivity index is 1.16. The Labute approximate surface area is 177 Å². The Bertz CT molecular complexity index is 906. The fourth-order valence-corrected chi connectivity index (χ4v) is 4.64. The molecule has 3 heterocycles. The number of nitrogens with zero attached hydrogens (tertiary/aromatic N) is 4. The van der Waals surface area contributed by atoms with Crippen LogP contribution in [-0.4, -0.2) is 19.9 Å². The molecular weight excluding hydrogens is 372 g/mol. The van der Waals surface area contributed by atoms with Gasteiger partial charge in [-0.15, -0.1) is 0 Å². The molecule has 6 heteroatoms. The van der Waals surface area contributed by atoms with Crippen LogP contribution in [-0.2, 0) is 25.9 Å². The van der Waals surface area contributed by atoms with E-state index in [0.717, 1.165) is 37.1 Å². The second-order valence-corrected chi connectivity index (χ2v) is 8.25. The van der Waals surface area contributed by atoms with Crippen molar-refractivity contribution in [3.8, 4) is 0 Å². The van der Waals surface area contributed by atoms with Crippen LogP contribution in [0.1, 0.15) is 71.7 Å². The minimum absolute atomic E-state index is 0.303. The van der Waals surface area contributed by atoms with Crippen molar-refractivity contribution in [3.05, 3.63) is 83.0 Å². The monoisotopic (exact) mass is 400 g/mol. The summed E-state index contributed by atoms with van der Waals surface area (Å²) >= 11 is 0. The molecule has 2 aliphatic rings. The fraction of sp³-hybridized carbons (Fsp3) is 0.417. The molecule has 0 radical (unpaired) electrons. The van der Waals surface area contributed by atoms with Gasteiger partial charge in [0.05, 0.1) is 47.3 Å². The molecule has 3 aromatic heterocycles. The molecule has 2 atom stereocenters. The number of pyridine rings is 2. The van der Waals surface area contributed by atoms with Crippen molar-refractivity contribution in [1.29, 1.82) is 0 Å². The number of aromatic nitrogens is 4. The lowest BCUT2D eigenvalue weighted by Crippen LogP contribution is -2.27. The van der Waals surface area contributed by atoms with Crippen molar-refractivity contribution in [1.82, 2.24) is 30.6 Å². The van der Waals surface area contributed by atoms with Gasteiger partial charge in [0.1, 0.15) is 0 Å².